The van der Waals surface area contributed by atoms with Crippen molar-refractivity contribution >= 4 is 102 Å². The number of rotatable bonds is 2. The minimum Gasteiger partial charge on any atom is -0.311 e. The number of fused-ring (bicyclic) bond motifs is 2. The average molecular weight is 602 g/mol. The number of para-hydroxylation sites is 2. The molecule has 8 aromatic rings. The molecule has 5 aliphatic heterocycles. The van der Waals surface area contributed by atoms with Gasteiger partial charge in [0, 0.05) is 34.1 Å². The summed E-state index contributed by atoms with van der Waals surface area (Å²) in [6.45, 7) is 0.318. The van der Waals surface area contributed by atoms with Gasteiger partial charge in [-0.25, -0.2) is 0 Å². The zero-order chi connectivity index (χ0) is 30.8. The van der Waals surface area contributed by atoms with E-state index in [1.165, 1.54) is 111 Å². The third-order valence-electron chi connectivity index (χ3n) is 11.9. The van der Waals surface area contributed by atoms with Crippen molar-refractivity contribution in [3.8, 4) is 22.3 Å². The number of anilines is 6. The lowest BCUT2D eigenvalue weighted by atomic mass is 9.17. The van der Waals surface area contributed by atoms with Crippen molar-refractivity contribution in [1.82, 2.24) is 0 Å². The largest absolute Gasteiger partial charge is 0.311 e. The van der Waals surface area contributed by atoms with Crippen LogP contribution in [0.3, 0.4) is 0 Å². The first-order chi connectivity index (χ1) is 23.9. The Morgan fingerprint density at radius 1 is 0.312 bits per heavy atom. The molecule has 8 aromatic carbocycles. The van der Waals surface area contributed by atoms with Gasteiger partial charge in [-0.2, -0.15) is 0 Å². The van der Waals surface area contributed by atoms with Crippen LogP contribution in [0.5, 0.6) is 0 Å². The standard InChI is InChI=1S/C44H24B2N2/c1-3-13-27(14-4-1)47-33-21-10-22-34-40(33)46-41-35(47)23-25-11-7-17-29-31-19-9-20-32-30-18-8-12-26-24-36(48(34)28-15-5-2-6-16-28)42(46)44(38(26)30)45(39(31)32)43(41)37(25)29/h1-24H. The van der Waals surface area contributed by atoms with Crippen molar-refractivity contribution < 1.29 is 0 Å². The molecule has 0 aromatic heterocycles. The molecule has 0 saturated heterocycles. The van der Waals surface area contributed by atoms with Crippen LogP contribution in [0.15, 0.2) is 146 Å². The second-order valence-corrected chi connectivity index (χ2v) is 13.9. The molecule has 13 rings (SSSR count). The normalized spacial score (nSPS) is 14.5. The van der Waals surface area contributed by atoms with Gasteiger partial charge in [-0.1, -0.05) is 113 Å². The summed E-state index contributed by atoms with van der Waals surface area (Å²) in [5.41, 5.74) is 22.1. The molecule has 0 amide bonds. The van der Waals surface area contributed by atoms with Gasteiger partial charge in [0.1, 0.15) is 0 Å². The second kappa shape index (κ2) is 8.10. The van der Waals surface area contributed by atoms with E-state index < -0.39 is 0 Å². The fourth-order valence-electron chi connectivity index (χ4n) is 10.4. The van der Waals surface area contributed by atoms with Crippen LogP contribution in [-0.2, 0) is 0 Å². The zero-order valence-electron chi connectivity index (χ0n) is 25.9. The van der Waals surface area contributed by atoms with Crippen LogP contribution in [-0.4, -0.2) is 13.4 Å². The summed E-state index contributed by atoms with van der Waals surface area (Å²) in [4.78, 5) is 5.12. The lowest BCUT2D eigenvalue weighted by Gasteiger charge is -2.50. The molecule has 0 atom stereocenters. The van der Waals surface area contributed by atoms with Crippen LogP contribution < -0.4 is 42.6 Å². The third kappa shape index (κ3) is 2.57. The Balaban J connectivity index is 1.31. The van der Waals surface area contributed by atoms with E-state index >= 15 is 0 Å². The van der Waals surface area contributed by atoms with Gasteiger partial charge in [0.25, 0.3) is 6.71 Å². The Bertz CT molecular complexity index is 2620. The first-order valence-electron chi connectivity index (χ1n) is 17.0. The van der Waals surface area contributed by atoms with Gasteiger partial charge in [0.15, 0.2) is 0 Å². The van der Waals surface area contributed by atoms with Crippen LogP contribution >= 0.6 is 0 Å². The van der Waals surface area contributed by atoms with E-state index in [9.17, 15) is 0 Å². The second-order valence-electron chi connectivity index (χ2n) is 13.9. The average Bonchev–Trinajstić information content (AvgIpc) is 3.15. The fraction of sp³-hybridized carbons (Fsp3) is 0. The maximum absolute atomic E-state index is 2.56. The minimum absolute atomic E-state index is 0.143. The maximum Gasteiger partial charge on any atom is 0.250 e. The van der Waals surface area contributed by atoms with E-state index in [-0.39, 0.29) is 13.4 Å². The van der Waals surface area contributed by atoms with Crippen LogP contribution in [0.25, 0.3) is 43.8 Å². The molecule has 4 heteroatoms. The molecule has 0 fully saturated rings. The highest BCUT2D eigenvalue weighted by atomic mass is 15.2. The van der Waals surface area contributed by atoms with E-state index in [4.69, 9.17) is 0 Å². The summed E-state index contributed by atoms with van der Waals surface area (Å²) in [5.74, 6) is 0. The molecule has 48 heavy (non-hydrogen) atoms. The van der Waals surface area contributed by atoms with Crippen LogP contribution in [0.2, 0.25) is 0 Å². The van der Waals surface area contributed by atoms with Gasteiger partial charge in [-0.15, -0.1) is 0 Å². The van der Waals surface area contributed by atoms with E-state index in [0.29, 0.717) is 0 Å². The van der Waals surface area contributed by atoms with Crippen molar-refractivity contribution in [1.29, 1.82) is 0 Å². The summed E-state index contributed by atoms with van der Waals surface area (Å²) in [6, 6.07) is 55.0. The molecule has 216 valence electrons. The SMILES string of the molecule is c1ccc(N2c3cccc4c3B3c5c2cc2cccc6c2c5B2c5c-6cccc5-c5cccc6cc(c3c2c56)N4c2ccccc2)cc1. The van der Waals surface area contributed by atoms with E-state index in [1.54, 1.807) is 0 Å². The fourth-order valence-corrected chi connectivity index (χ4v) is 10.4. The quantitative estimate of drug-likeness (QED) is 0.200. The Kier molecular flexibility index (Phi) is 4.09. The van der Waals surface area contributed by atoms with E-state index in [0.717, 1.165) is 0 Å². The van der Waals surface area contributed by atoms with Gasteiger partial charge in [-0.05, 0) is 109 Å². The number of hydrogen-bond donors (Lipinski definition) is 0. The lowest BCUT2D eigenvalue weighted by molar-refractivity contribution is 1.26. The monoisotopic (exact) mass is 602 g/mol. The van der Waals surface area contributed by atoms with Gasteiger partial charge in [-0.3, -0.25) is 0 Å². The summed E-state index contributed by atoms with van der Waals surface area (Å²) < 4.78 is 0. The van der Waals surface area contributed by atoms with Gasteiger partial charge in [0.2, 0.25) is 6.71 Å². The Morgan fingerprint density at radius 2 is 0.750 bits per heavy atom. The zero-order valence-corrected chi connectivity index (χ0v) is 25.9. The number of benzene rings is 8. The molecular formula is C44H24B2N2. The minimum atomic E-state index is 0.143. The highest BCUT2D eigenvalue weighted by molar-refractivity contribution is 7.16. The topological polar surface area (TPSA) is 6.48 Å². The molecule has 0 N–H and O–H groups in total. The van der Waals surface area contributed by atoms with Crippen molar-refractivity contribution in [2.24, 2.45) is 0 Å². The highest BCUT2D eigenvalue weighted by Gasteiger charge is 2.54. The van der Waals surface area contributed by atoms with Crippen molar-refractivity contribution in [2.75, 3.05) is 9.80 Å². The predicted octanol–water partition coefficient (Wildman–Crippen LogP) is 6.87. The number of nitrogens with zero attached hydrogens (tertiary/aromatic N) is 2. The molecule has 0 bridgehead atoms. The summed E-state index contributed by atoms with van der Waals surface area (Å²) in [5, 5.41) is 5.53. The van der Waals surface area contributed by atoms with Gasteiger partial charge in [0.05, 0.1) is 0 Å². The molecule has 5 aliphatic rings. The molecule has 5 heterocycles. The van der Waals surface area contributed by atoms with Gasteiger partial charge < -0.3 is 9.80 Å². The molecule has 0 unspecified atom stereocenters. The number of hydrogen-bond acceptors (Lipinski definition) is 2. The molecule has 0 radical (unpaired) electrons. The lowest BCUT2D eigenvalue weighted by Crippen LogP contribution is -2.79. The molecule has 2 nitrogen and oxygen atoms in total. The molecule has 0 spiro atoms. The highest BCUT2D eigenvalue weighted by Crippen LogP contribution is 2.48. The first kappa shape index (κ1) is 24.2. The summed E-state index contributed by atoms with van der Waals surface area (Å²) >= 11 is 0. The predicted molar refractivity (Wildman–Crippen MR) is 205 cm³/mol. The van der Waals surface area contributed by atoms with E-state index in [2.05, 4.69) is 155 Å². The summed E-state index contributed by atoms with van der Waals surface area (Å²) in [6.07, 6.45) is 0. The Morgan fingerprint density at radius 3 is 1.27 bits per heavy atom. The van der Waals surface area contributed by atoms with Gasteiger partial charge >= 0.3 is 0 Å². The van der Waals surface area contributed by atoms with Crippen molar-refractivity contribution in [3.05, 3.63) is 146 Å². The van der Waals surface area contributed by atoms with Crippen molar-refractivity contribution in [3.63, 3.8) is 0 Å². The molecular weight excluding hydrogens is 578 g/mol. The molecule has 0 saturated carbocycles. The van der Waals surface area contributed by atoms with Crippen LogP contribution in [0.4, 0.5) is 34.1 Å². The smallest absolute Gasteiger partial charge is 0.250 e. The van der Waals surface area contributed by atoms with E-state index in [1.807, 2.05) is 0 Å². The maximum atomic E-state index is 2.56. The first-order valence-corrected chi connectivity index (χ1v) is 17.0. The van der Waals surface area contributed by atoms with Crippen LogP contribution in [0, 0.1) is 0 Å². The Labute approximate surface area is 278 Å². The summed E-state index contributed by atoms with van der Waals surface area (Å²) in [7, 11) is 0. The molecule has 0 aliphatic carbocycles. The third-order valence-corrected chi connectivity index (χ3v) is 11.9. The Hall–Kier alpha value is -5.99. The van der Waals surface area contributed by atoms with Crippen LogP contribution in [0.1, 0.15) is 0 Å². The van der Waals surface area contributed by atoms with Crippen molar-refractivity contribution in [2.45, 2.75) is 0 Å².